The van der Waals surface area contributed by atoms with Crippen LogP contribution in [0.4, 0.5) is 0 Å². The van der Waals surface area contributed by atoms with Crippen LogP contribution in [0.25, 0.3) is 16.9 Å². The maximum absolute atomic E-state index is 5.71. The van der Waals surface area contributed by atoms with Gasteiger partial charge in [-0.1, -0.05) is 12.1 Å². The Labute approximate surface area is 129 Å². The largest absolute Gasteiger partial charge is 0.372 e. The number of imidazole rings is 1. The number of aromatic amines is 1. The highest BCUT2D eigenvalue weighted by atomic mass is 16.5. The van der Waals surface area contributed by atoms with E-state index in [0.717, 1.165) is 42.1 Å². The average molecular weight is 294 g/mol. The number of hydrogen-bond acceptors (Lipinski definition) is 3. The summed E-state index contributed by atoms with van der Waals surface area (Å²) in [6, 6.07) is 8.46. The third-order valence-corrected chi connectivity index (χ3v) is 4.16. The Kier molecular flexibility index (Phi) is 3.27. The molecule has 5 nitrogen and oxygen atoms in total. The number of rotatable bonds is 3. The van der Waals surface area contributed by atoms with E-state index in [2.05, 4.69) is 46.4 Å². The third-order valence-electron chi connectivity index (χ3n) is 4.16. The van der Waals surface area contributed by atoms with E-state index >= 15 is 0 Å². The smallest absolute Gasteiger partial charge is 0.0991 e. The van der Waals surface area contributed by atoms with Crippen LogP contribution in [0.1, 0.15) is 30.2 Å². The van der Waals surface area contributed by atoms with E-state index in [1.807, 2.05) is 17.1 Å². The van der Waals surface area contributed by atoms with Crippen molar-refractivity contribution in [1.29, 1.82) is 0 Å². The number of aryl methyl sites for hydroxylation is 1. The maximum atomic E-state index is 5.71. The van der Waals surface area contributed by atoms with Crippen LogP contribution in [0.2, 0.25) is 0 Å². The van der Waals surface area contributed by atoms with E-state index in [0.29, 0.717) is 0 Å². The Morgan fingerprint density at radius 3 is 3.05 bits per heavy atom. The Balaban J connectivity index is 1.69. The van der Waals surface area contributed by atoms with Crippen molar-refractivity contribution in [3.8, 4) is 16.9 Å². The van der Waals surface area contributed by atoms with Gasteiger partial charge in [0, 0.05) is 24.6 Å². The standard InChI is InChI=1S/C17H18N4O/c1-12-4-5-13(9-16(12)21-7-6-18-11-21)14-10-15(20-19-14)17-3-2-8-22-17/h4-7,9-11,17H,2-3,8H2,1H3,(H,19,20)/t17-/m1/s1. The summed E-state index contributed by atoms with van der Waals surface area (Å²) < 4.78 is 7.73. The lowest BCUT2D eigenvalue weighted by atomic mass is 10.1. The van der Waals surface area contributed by atoms with E-state index in [1.54, 1.807) is 6.20 Å². The molecule has 0 saturated carbocycles. The van der Waals surface area contributed by atoms with Gasteiger partial charge in [0.1, 0.15) is 0 Å². The quantitative estimate of drug-likeness (QED) is 0.805. The summed E-state index contributed by atoms with van der Waals surface area (Å²) in [6.45, 7) is 2.94. The number of nitrogens with one attached hydrogen (secondary N) is 1. The number of H-pyrrole nitrogens is 1. The zero-order valence-electron chi connectivity index (χ0n) is 12.5. The molecule has 0 spiro atoms. The fourth-order valence-electron chi connectivity index (χ4n) is 2.92. The van der Waals surface area contributed by atoms with Gasteiger partial charge in [-0.2, -0.15) is 5.10 Å². The van der Waals surface area contributed by atoms with E-state index in [4.69, 9.17) is 4.74 Å². The summed E-state index contributed by atoms with van der Waals surface area (Å²) >= 11 is 0. The van der Waals surface area contributed by atoms with Gasteiger partial charge in [-0.25, -0.2) is 4.98 Å². The van der Waals surface area contributed by atoms with Crippen LogP contribution in [0, 0.1) is 6.92 Å². The molecule has 1 N–H and O–H groups in total. The van der Waals surface area contributed by atoms with E-state index in [1.165, 1.54) is 5.56 Å². The molecule has 0 unspecified atom stereocenters. The van der Waals surface area contributed by atoms with Crippen LogP contribution < -0.4 is 0 Å². The predicted molar refractivity (Wildman–Crippen MR) is 83.8 cm³/mol. The number of aromatic nitrogens is 4. The highest BCUT2D eigenvalue weighted by molar-refractivity contribution is 5.64. The van der Waals surface area contributed by atoms with Crippen molar-refractivity contribution in [1.82, 2.24) is 19.7 Å². The van der Waals surface area contributed by atoms with Crippen LogP contribution in [0.15, 0.2) is 43.0 Å². The second-order valence-electron chi connectivity index (χ2n) is 5.68. The van der Waals surface area contributed by atoms with Crippen molar-refractivity contribution in [2.45, 2.75) is 25.9 Å². The summed E-state index contributed by atoms with van der Waals surface area (Å²) in [6.07, 6.45) is 7.91. The fourth-order valence-corrected chi connectivity index (χ4v) is 2.92. The Bertz CT molecular complexity index is 770. The van der Waals surface area contributed by atoms with E-state index in [9.17, 15) is 0 Å². The molecule has 0 radical (unpaired) electrons. The van der Waals surface area contributed by atoms with Crippen LogP contribution in [0.3, 0.4) is 0 Å². The molecule has 5 heteroatoms. The van der Waals surface area contributed by atoms with Gasteiger partial charge in [0.2, 0.25) is 0 Å². The number of benzene rings is 1. The first-order valence-corrected chi connectivity index (χ1v) is 7.57. The van der Waals surface area contributed by atoms with Gasteiger partial charge < -0.3 is 9.30 Å². The van der Waals surface area contributed by atoms with Gasteiger partial charge in [-0.3, -0.25) is 5.10 Å². The Morgan fingerprint density at radius 2 is 2.27 bits per heavy atom. The summed E-state index contributed by atoms with van der Waals surface area (Å²) in [4.78, 5) is 4.12. The third kappa shape index (κ3) is 2.33. The Morgan fingerprint density at radius 1 is 1.32 bits per heavy atom. The van der Waals surface area contributed by atoms with Crippen LogP contribution in [0.5, 0.6) is 0 Å². The number of hydrogen-bond donors (Lipinski definition) is 1. The fraction of sp³-hybridized carbons (Fsp3) is 0.294. The second kappa shape index (κ2) is 5.42. The van der Waals surface area contributed by atoms with Crippen LogP contribution in [-0.4, -0.2) is 26.4 Å². The molecule has 2 aromatic heterocycles. The number of ether oxygens (including phenoxy) is 1. The molecule has 1 aromatic carbocycles. The van der Waals surface area contributed by atoms with E-state index in [-0.39, 0.29) is 6.10 Å². The Hall–Kier alpha value is -2.40. The van der Waals surface area contributed by atoms with Crippen molar-refractivity contribution in [3.63, 3.8) is 0 Å². The molecule has 0 amide bonds. The minimum absolute atomic E-state index is 0.166. The molecule has 0 bridgehead atoms. The predicted octanol–water partition coefficient (Wildman–Crippen LogP) is 3.42. The lowest BCUT2D eigenvalue weighted by molar-refractivity contribution is 0.108. The lowest BCUT2D eigenvalue weighted by Gasteiger charge is -2.08. The highest BCUT2D eigenvalue weighted by Crippen LogP contribution is 2.30. The molecule has 1 atom stereocenters. The van der Waals surface area contributed by atoms with Gasteiger partial charge in [-0.15, -0.1) is 0 Å². The highest BCUT2D eigenvalue weighted by Gasteiger charge is 2.20. The minimum atomic E-state index is 0.166. The second-order valence-corrected chi connectivity index (χ2v) is 5.68. The first-order valence-electron chi connectivity index (χ1n) is 7.57. The van der Waals surface area contributed by atoms with Crippen molar-refractivity contribution in [2.75, 3.05) is 6.61 Å². The molecule has 1 aliphatic heterocycles. The van der Waals surface area contributed by atoms with Crippen molar-refractivity contribution < 1.29 is 4.74 Å². The summed E-state index contributed by atoms with van der Waals surface area (Å²) in [5.41, 5.74) is 5.44. The monoisotopic (exact) mass is 294 g/mol. The minimum Gasteiger partial charge on any atom is -0.372 e. The van der Waals surface area contributed by atoms with Gasteiger partial charge in [0.05, 0.1) is 29.5 Å². The summed E-state index contributed by atoms with van der Waals surface area (Å²) in [5, 5.41) is 7.57. The summed E-state index contributed by atoms with van der Waals surface area (Å²) in [5.74, 6) is 0. The molecule has 3 aromatic rings. The molecule has 22 heavy (non-hydrogen) atoms. The zero-order chi connectivity index (χ0) is 14.9. The van der Waals surface area contributed by atoms with Crippen LogP contribution >= 0.6 is 0 Å². The molecule has 1 aliphatic rings. The molecule has 4 rings (SSSR count). The first kappa shape index (κ1) is 13.3. The molecule has 112 valence electrons. The molecule has 3 heterocycles. The van der Waals surface area contributed by atoms with Crippen molar-refractivity contribution in [2.24, 2.45) is 0 Å². The molecular formula is C17H18N4O. The molecule has 1 fully saturated rings. The SMILES string of the molecule is Cc1ccc(-c2cc([C@H]3CCCO3)[nH]n2)cc1-n1ccnc1. The first-order chi connectivity index (χ1) is 10.8. The lowest BCUT2D eigenvalue weighted by Crippen LogP contribution is -1.95. The molecule has 0 aliphatic carbocycles. The van der Waals surface area contributed by atoms with Crippen LogP contribution in [-0.2, 0) is 4.74 Å². The number of nitrogens with zero attached hydrogens (tertiary/aromatic N) is 3. The van der Waals surface area contributed by atoms with Crippen molar-refractivity contribution >= 4 is 0 Å². The van der Waals surface area contributed by atoms with Gasteiger partial charge in [0.25, 0.3) is 0 Å². The topological polar surface area (TPSA) is 55.7 Å². The van der Waals surface area contributed by atoms with Gasteiger partial charge in [0.15, 0.2) is 0 Å². The summed E-state index contributed by atoms with van der Waals surface area (Å²) in [7, 11) is 0. The molecular weight excluding hydrogens is 276 g/mol. The van der Waals surface area contributed by atoms with Crippen molar-refractivity contribution in [3.05, 3.63) is 54.2 Å². The maximum Gasteiger partial charge on any atom is 0.0991 e. The molecule has 1 saturated heterocycles. The van der Waals surface area contributed by atoms with Gasteiger partial charge >= 0.3 is 0 Å². The average Bonchev–Trinajstić information content (AvgIpc) is 3.28. The zero-order valence-corrected chi connectivity index (χ0v) is 12.5. The van der Waals surface area contributed by atoms with E-state index < -0.39 is 0 Å². The normalized spacial score (nSPS) is 18.0. The van der Waals surface area contributed by atoms with Gasteiger partial charge in [-0.05, 0) is 37.5 Å².